The number of amides is 4. The fourth-order valence-electron chi connectivity index (χ4n) is 4.95. The monoisotopic (exact) mass is 415 g/mol. The highest BCUT2D eigenvalue weighted by Crippen LogP contribution is 2.40. The number of thioether (sulfide) groups is 1. The number of carbonyl (C=O) groups is 3. The lowest BCUT2D eigenvalue weighted by Gasteiger charge is -2.39. The van der Waals surface area contributed by atoms with Gasteiger partial charge >= 0.3 is 6.03 Å². The molecule has 2 aliphatic carbocycles. The molecule has 3 aliphatic rings. The third-order valence-electron chi connectivity index (χ3n) is 6.64. The summed E-state index contributed by atoms with van der Waals surface area (Å²) in [5.41, 5.74) is -0.332. The van der Waals surface area contributed by atoms with Crippen LogP contribution in [0, 0.1) is 11.8 Å². The number of hydrogen-bond donors (Lipinski definition) is 3. The van der Waals surface area contributed by atoms with Gasteiger partial charge in [-0.3, -0.25) is 14.9 Å². The van der Waals surface area contributed by atoms with E-state index in [9.17, 15) is 14.4 Å². The molecule has 4 rings (SSSR count). The number of fused-ring (bicyclic) bond motifs is 1. The predicted molar refractivity (Wildman–Crippen MR) is 113 cm³/mol. The Kier molecular flexibility index (Phi) is 5.86. The van der Waals surface area contributed by atoms with Crippen LogP contribution in [0.15, 0.2) is 29.2 Å². The van der Waals surface area contributed by atoms with Gasteiger partial charge in [0.25, 0.3) is 11.8 Å². The maximum Gasteiger partial charge on any atom is 0.322 e. The zero-order valence-corrected chi connectivity index (χ0v) is 17.6. The standard InChI is InChI=1S/C22H29N3O3S/c1-22(20(27)24-21(28)25-22)13-29-18-9-5-4-8-17(18)19(26)23-16-11-10-14-6-2-3-7-15(14)12-16/h4-5,8-9,14-16H,2-3,6-7,10-13H2,1H3,(H,23,26)(H2,24,25,27,28). The van der Waals surface area contributed by atoms with Gasteiger partial charge in [-0.15, -0.1) is 11.8 Å². The summed E-state index contributed by atoms with van der Waals surface area (Å²) in [4.78, 5) is 37.3. The van der Waals surface area contributed by atoms with E-state index >= 15 is 0 Å². The molecule has 1 saturated heterocycles. The third-order valence-corrected chi connectivity index (χ3v) is 8.03. The summed E-state index contributed by atoms with van der Waals surface area (Å²) in [6.07, 6.45) is 8.72. The number of urea groups is 1. The van der Waals surface area contributed by atoms with E-state index in [2.05, 4.69) is 16.0 Å². The fourth-order valence-corrected chi connectivity index (χ4v) is 6.09. The Morgan fingerprint density at radius 2 is 1.90 bits per heavy atom. The molecule has 1 heterocycles. The average molecular weight is 416 g/mol. The molecule has 156 valence electrons. The molecule has 2 saturated carbocycles. The van der Waals surface area contributed by atoms with Crippen molar-refractivity contribution in [3.8, 4) is 0 Å². The summed E-state index contributed by atoms with van der Waals surface area (Å²) in [6.45, 7) is 1.70. The number of hydrogen-bond acceptors (Lipinski definition) is 4. The summed E-state index contributed by atoms with van der Waals surface area (Å²) in [7, 11) is 0. The highest BCUT2D eigenvalue weighted by Gasteiger charge is 2.42. The second kappa shape index (κ2) is 8.38. The van der Waals surface area contributed by atoms with E-state index in [0.29, 0.717) is 11.3 Å². The van der Waals surface area contributed by atoms with E-state index in [1.807, 2.05) is 24.3 Å². The zero-order valence-electron chi connectivity index (χ0n) is 16.8. The molecule has 3 N–H and O–H groups in total. The lowest BCUT2D eigenvalue weighted by atomic mass is 9.69. The normalized spacial score (nSPS) is 31.6. The minimum atomic E-state index is -0.968. The van der Waals surface area contributed by atoms with Crippen LogP contribution in [-0.4, -0.2) is 35.2 Å². The summed E-state index contributed by atoms with van der Waals surface area (Å²) in [6, 6.07) is 7.26. The molecule has 0 spiro atoms. The zero-order chi connectivity index (χ0) is 20.4. The van der Waals surface area contributed by atoms with Crippen LogP contribution < -0.4 is 16.0 Å². The quantitative estimate of drug-likeness (QED) is 0.508. The average Bonchev–Trinajstić information content (AvgIpc) is 2.98. The van der Waals surface area contributed by atoms with Crippen LogP contribution in [0.2, 0.25) is 0 Å². The maximum absolute atomic E-state index is 13.0. The summed E-state index contributed by atoms with van der Waals surface area (Å²) in [5, 5.41) is 8.21. The second-order valence-corrected chi connectivity index (χ2v) is 9.83. The molecule has 1 aromatic rings. The molecule has 4 amide bonds. The van der Waals surface area contributed by atoms with Gasteiger partial charge in [-0.05, 0) is 50.2 Å². The van der Waals surface area contributed by atoms with Crippen molar-refractivity contribution in [2.45, 2.75) is 68.3 Å². The summed E-state index contributed by atoms with van der Waals surface area (Å²) >= 11 is 1.42. The molecule has 0 aromatic heterocycles. The first-order valence-corrected chi connectivity index (χ1v) is 11.6. The van der Waals surface area contributed by atoms with E-state index in [0.717, 1.165) is 29.6 Å². The van der Waals surface area contributed by atoms with Gasteiger partial charge in [0.2, 0.25) is 0 Å². The first kappa shape index (κ1) is 20.3. The second-order valence-electron chi connectivity index (χ2n) is 8.81. The molecule has 4 atom stereocenters. The largest absolute Gasteiger partial charge is 0.349 e. The van der Waals surface area contributed by atoms with Gasteiger partial charge in [-0.1, -0.05) is 37.8 Å². The highest BCUT2D eigenvalue weighted by atomic mass is 32.2. The smallest absolute Gasteiger partial charge is 0.322 e. The van der Waals surface area contributed by atoms with Crippen LogP contribution in [0.5, 0.6) is 0 Å². The Balaban J connectivity index is 1.39. The highest BCUT2D eigenvalue weighted by molar-refractivity contribution is 7.99. The fraction of sp³-hybridized carbons (Fsp3) is 0.591. The van der Waals surface area contributed by atoms with Crippen LogP contribution in [-0.2, 0) is 4.79 Å². The van der Waals surface area contributed by atoms with Crippen LogP contribution in [0.25, 0.3) is 0 Å². The Hall–Kier alpha value is -2.02. The Morgan fingerprint density at radius 1 is 1.14 bits per heavy atom. The number of carbonyl (C=O) groups excluding carboxylic acids is 3. The number of nitrogens with one attached hydrogen (secondary N) is 3. The number of rotatable bonds is 5. The first-order valence-electron chi connectivity index (χ1n) is 10.6. The van der Waals surface area contributed by atoms with Crippen molar-refractivity contribution in [1.82, 2.24) is 16.0 Å². The van der Waals surface area contributed by atoms with Crippen molar-refractivity contribution in [3.05, 3.63) is 29.8 Å². The predicted octanol–water partition coefficient (Wildman–Crippen LogP) is 3.47. The van der Waals surface area contributed by atoms with Gasteiger partial charge in [-0.2, -0.15) is 0 Å². The minimum Gasteiger partial charge on any atom is -0.349 e. The third kappa shape index (κ3) is 4.44. The maximum atomic E-state index is 13.0. The lowest BCUT2D eigenvalue weighted by Crippen LogP contribution is -2.46. The van der Waals surface area contributed by atoms with Gasteiger partial charge in [0.15, 0.2) is 0 Å². The van der Waals surface area contributed by atoms with Gasteiger partial charge in [0.05, 0.1) is 5.56 Å². The van der Waals surface area contributed by atoms with Crippen molar-refractivity contribution in [1.29, 1.82) is 0 Å². The molecule has 7 heteroatoms. The Bertz CT molecular complexity index is 814. The molecule has 4 unspecified atom stereocenters. The summed E-state index contributed by atoms with van der Waals surface area (Å²) < 4.78 is 0. The van der Waals surface area contributed by atoms with Crippen LogP contribution >= 0.6 is 11.8 Å². The molecule has 3 fully saturated rings. The van der Waals surface area contributed by atoms with E-state index < -0.39 is 11.6 Å². The van der Waals surface area contributed by atoms with Crippen molar-refractivity contribution < 1.29 is 14.4 Å². The van der Waals surface area contributed by atoms with Crippen LogP contribution in [0.3, 0.4) is 0 Å². The molecule has 1 aliphatic heterocycles. The van der Waals surface area contributed by atoms with Crippen molar-refractivity contribution in [2.24, 2.45) is 11.8 Å². The van der Waals surface area contributed by atoms with Crippen molar-refractivity contribution >= 4 is 29.6 Å². The Morgan fingerprint density at radius 3 is 2.66 bits per heavy atom. The molecular formula is C22H29N3O3S. The molecule has 1 aromatic carbocycles. The van der Waals surface area contributed by atoms with Gasteiger partial charge in [0, 0.05) is 16.7 Å². The molecule has 6 nitrogen and oxygen atoms in total. The van der Waals surface area contributed by atoms with Gasteiger partial charge in [0.1, 0.15) is 5.54 Å². The van der Waals surface area contributed by atoms with Crippen molar-refractivity contribution in [2.75, 3.05) is 5.75 Å². The molecule has 0 bridgehead atoms. The van der Waals surface area contributed by atoms with E-state index in [1.54, 1.807) is 6.92 Å². The van der Waals surface area contributed by atoms with E-state index in [4.69, 9.17) is 0 Å². The number of imide groups is 1. The van der Waals surface area contributed by atoms with E-state index in [-0.39, 0.29) is 17.9 Å². The SMILES string of the molecule is CC1(CSc2ccccc2C(=O)NC2CCC3CCCCC3C2)NC(=O)NC1=O. The molecule has 0 radical (unpaired) electrons. The topological polar surface area (TPSA) is 87.3 Å². The van der Waals surface area contributed by atoms with Crippen LogP contribution in [0.4, 0.5) is 4.79 Å². The molecule has 29 heavy (non-hydrogen) atoms. The first-order chi connectivity index (χ1) is 13.9. The van der Waals surface area contributed by atoms with Crippen molar-refractivity contribution in [3.63, 3.8) is 0 Å². The minimum absolute atomic E-state index is 0.0441. The number of benzene rings is 1. The van der Waals surface area contributed by atoms with Gasteiger partial charge < -0.3 is 10.6 Å². The van der Waals surface area contributed by atoms with Gasteiger partial charge in [-0.25, -0.2) is 4.79 Å². The Labute approximate surface area is 176 Å². The molecular weight excluding hydrogens is 386 g/mol. The van der Waals surface area contributed by atoms with E-state index in [1.165, 1.54) is 43.9 Å². The van der Waals surface area contributed by atoms with Crippen LogP contribution in [0.1, 0.15) is 62.2 Å². The lowest BCUT2D eigenvalue weighted by molar-refractivity contribution is -0.122. The summed E-state index contributed by atoms with van der Waals surface area (Å²) in [5.74, 6) is 1.60.